The Balaban J connectivity index is 2.18. The van der Waals surface area contributed by atoms with E-state index in [0.717, 1.165) is 0 Å². The second kappa shape index (κ2) is 4.81. The van der Waals surface area contributed by atoms with Gasteiger partial charge >= 0.3 is 0 Å². The lowest BCUT2D eigenvalue weighted by Crippen LogP contribution is -2.76. The zero-order valence-electron chi connectivity index (χ0n) is 12.1. The van der Waals surface area contributed by atoms with Gasteiger partial charge in [0.1, 0.15) is 5.82 Å². The van der Waals surface area contributed by atoms with Gasteiger partial charge in [0.05, 0.1) is 4.47 Å². The van der Waals surface area contributed by atoms with Crippen molar-refractivity contribution in [1.29, 1.82) is 0 Å². The summed E-state index contributed by atoms with van der Waals surface area (Å²) in [5, 5.41) is 3.03. The average Bonchev–Trinajstić information content (AvgIpc) is 2.37. The standard InChI is InChI=1S/C15H20BrFN2O/c1-14(2)12(18)15(3,4)13(14)19-11(20)8-5-6-10(17)9(16)7-8/h5-7,12-13H,18H2,1-4H3,(H,19,20). The van der Waals surface area contributed by atoms with Gasteiger partial charge in [-0.25, -0.2) is 4.39 Å². The first-order valence-corrected chi connectivity index (χ1v) is 7.39. The van der Waals surface area contributed by atoms with Gasteiger partial charge in [-0.15, -0.1) is 0 Å². The predicted octanol–water partition coefficient (Wildman–Crippen LogP) is 3.08. The molecular weight excluding hydrogens is 323 g/mol. The van der Waals surface area contributed by atoms with Crippen molar-refractivity contribution in [2.75, 3.05) is 0 Å². The molecule has 1 saturated carbocycles. The largest absolute Gasteiger partial charge is 0.348 e. The molecule has 0 saturated heterocycles. The number of nitrogens with one attached hydrogen (secondary N) is 1. The number of hydrogen-bond acceptors (Lipinski definition) is 2. The maximum absolute atomic E-state index is 13.2. The van der Waals surface area contributed by atoms with Crippen molar-refractivity contribution in [2.24, 2.45) is 16.6 Å². The van der Waals surface area contributed by atoms with Crippen molar-refractivity contribution in [3.05, 3.63) is 34.1 Å². The molecule has 3 nitrogen and oxygen atoms in total. The minimum atomic E-state index is -0.382. The molecule has 1 amide bonds. The second-order valence-electron chi connectivity index (χ2n) is 6.66. The van der Waals surface area contributed by atoms with E-state index in [-0.39, 0.29) is 39.1 Å². The fourth-order valence-electron chi connectivity index (χ4n) is 3.40. The fraction of sp³-hybridized carbons (Fsp3) is 0.533. The first-order chi connectivity index (χ1) is 9.08. The number of amides is 1. The first kappa shape index (κ1) is 15.4. The molecule has 0 aromatic heterocycles. The van der Waals surface area contributed by atoms with Crippen LogP contribution in [0.4, 0.5) is 4.39 Å². The highest BCUT2D eigenvalue weighted by atomic mass is 79.9. The van der Waals surface area contributed by atoms with Gasteiger partial charge in [0.25, 0.3) is 5.91 Å². The Morgan fingerprint density at radius 3 is 2.35 bits per heavy atom. The van der Waals surface area contributed by atoms with E-state index in [2.05, 4.69) is 48.9 Å². The molecule has 0 unspecified atom stereocenters. The van der Waals surface area contributed by atoms with Gasteiger partial charge in [-0.2, -0.15) is 0 Å². The lowest BCUT2D eigenvalue weighted by Gasteiger charge is -2.62. The normalized spacial score (nSPS) is 26.8. The maximum atomic E-state index is 13.2. The SMILES string of the molecule is CC1(C)C(N)C(C)(C)C1NC(=O)c1ccc(F)c(Br)c1. The van der Waals surface area contributed by atoms with Gasteiger partial charge in [0.15, 0.2) is 0 Å². The molecule has 0 atom stereocenters. The van der Waals surface area contributed by atoms with Crippen LogP contribution < -0.4 is 11.1 Å². The Morgan fingerprint density at radius 2 is 1.85 bits per heavy atom. The summed E-state index contributed by atoms with van der Waals surface area (Å²) >= 11 is 3.09. The minimum Gasteiger partial charge on any atom is -0.348 e. The van der Waals surface area contributed by atoms with Crippen molar-refractivity contribution in [3.8, 4) is 0 Å². The zero-order chi connectivity index (χ0) is 15.3. The number of nitrogens with two attached hydrogens (primary N) is 1. The van der Waals surface area contributed by atoms with E-state index < -0.39 is 0 Å². The maximum Gasteiger partial charge on any atom is 0.251 e. The quantitative estimate of drug-likeness (QED) is 0.867. The number of benzene rings is 1. The van der Waals surface area contributed by atoms with Gasteiger partial charge in [-0.1, -0.05) is 27.7 Å². The predicted molar refractivity (Wildman–Crippen MR) is 80.9 cm³/mol. The third kappa shape index (κ3) is 2.27. The molecule has 0 spiro atoms. The molecule has 3 N–H and O–H groups in total. The van der Waals surface area contributed by atoms with Crippen LogP contribution in [0.25, 0.3) is 0 Å². The highest BCUT2D eigenvalue weighted by molar-refractivity contribution is 9.10. The lowest BCUT2D eigenvalue weighted by atomic mass is 9.48. The van der Waals surface area contributed by atoms with Crippen LogP contribution in [0.5, 0.6) is 0 Å². The van der Waals surface area contributed by atoms with Gasteiger partial charge in [0.2, 0.25) is 0 Å². The molecule has 1 aromatic rings. The van der Waals surface area contributed by atoms with Crippen LogP contribution in [-0.4, -0.2) is 18.0 Å². The summed E-state index contributed by atoms with van der Waals surface area (Å²) in [5.74, 6) is -0.586. The van der Waals surface area contributed by atoms with Crippen LogP contribution in [0.3, 0.4) is 0 Å². The molecule has 1 fully saturated rings. The number of rotatable bonds is 2. The molecule has 110 valence electrons. The van der Waals surface area contributed by atoms with Crippen LogP contribution in [-0.2, 0) is 0 Å². The van der Waals surface area contributed by atoms with Crippen LogP contribution in [0.2, 0.25) is 0 Å². The Hall–Kier alpha value is -0.940. The molecule has 0 heterocycles. The molecular formula is C15H20BrFN2O. The van der Waals surface area contributed by atoms with E-state index in [1.807, 2.05) is 0 Å². The summed E-state index contributed by atoms with van der Waals surface area (Å²) in [5.41, 5.74) is 6.30. The summed E-state index contributed by atoms with van der Waals surface area (Å²) in [4.78, 5) is 12.3. The van der Waals surface area contributed by atoms with Gasteiger partial charge in [-0.05, 0) is 34.1 Å². The van der Waals surface area contributed by atoms with Crippen LogP contribution in [0.1, 0.15) is 38.1 Å². The molecule has 1 aliphatic rings. The first-order valence-electron chi connectivity index (χ1n) is 6.60. The molecule has 0 bridgehead atoms. The average molecular weight is 343 g/mol. The van der Waals surface area contributed by atoms with Crippen LogP contribution in [0, 0.1) is 16.6 Å². The summed E-state index contributed by atoms with van der Waals surface area (Å²) < 4.78 is 13.5. The van der Waals surface area contributed by atoms with Gasteiger partial charge < -0.3 is 11.1 Å². The summed E-state index contributed by atoms with van der Waals surface area (Å²) in [6.45, 7) is 8.20. The zero-order valence-corrected chi connectivity index (χ0v) is 13.7. The summed E-state index contributed by atoms with van der Waals surface area (Å²) in [6, 6.07) is 4.26. The Kier molecular flexibility index (Phi) is 3.71. The molecule has 0 radical (unpaired) electrons. The van der Waals surface area contributed by atoms with Crippen LogP contribution >= 0.6 is 15.9 Å². The Bertz CT molecular complexity index is 541. The van der Waals surface area contributed by atoms with Gasteiger partial charge in [0, 0.05) is 28.5 Å². The Labute approximate surface area is 127 Å². The second-order valence-corrected chi connectivity index (χ2v) is 7.51. The monoisotopic (exact) mass is 342 g/mol. The highest BCUT2D eigenvalue weighted by Crippen LogP contribution is 2.52. The van der Waals surface area contributed by atoms with Crippen LogP contribution in [0.15, 0.2) is 22.7 Å². The number of hydrogen-bond donors (Lipinski definition) is 2. The lowest BCUT2D eigenvalue weighted by molar-refractivity contribution is -0.0663. The highest BCUT2D eigenvalue weighted by Gasteiger charge is 2.60. The van der Waals surface area contributed by atoms with Crippen molar-refractivity contribution < 1.29 is 9.18 Å². The number of carbonyl (C=O) groups excluding carboxylic acids is 1. The van der Waals surface area contributed by atoms with E-state index in [0.29, 0.717) is 5.56 Å². The van der Waals surface area contributed by atoms with Crippen molar-refractivity contribution in [1.82, 2.24) is 5.32 Å². The molecule has 0 aliphatic heterocycles. The Morgan fingerprint density at radius 1 is 1.30 bits per heavy atom. The third-order valence-corrected chi connectivity index (χ3v) is 5.16. The molecule has 2 rings (SSSR count). The van der Waals surface area contributed by atoms with Crippen molar-refractivity contribution in [3.63, 3.8) is 0 Å². The van der Waals surface area contributed by atoms with E-state index in [4.69, 9.17) is 5.73 Å². The van der Waals surface area contributed by atoms with Gasteiger partial charge in [-0.3, -0.25) is 4.79 Å². The van der Waals surface area contributed by atoms with E-state index in [9.17, 15) is 9.18 Å². The minimum absolute atomic E-state index is 0.0127. The molecule has 5 heteroatoms. The van der Waals surface area contributed by atoms with E-state index >= 15 is 0 Å². The van der Waals surface area contributed by atoms with Crippen molar-refractivity contribution in [2.45, 2.75) is 39.8 Å². The molecule has 20 heavy (non-hydrogen) atoms. The summed E-state index contributed by atoms with van der Waals surface area (Å²) in [6.07, 6.45) is 0. The van der Waals surface area contributed by atoms with E-state index in [1.165, 1.54) is 18.2 Å². The summed E-state index contributed by atoms with van der Waals surface area (Å²) in [7, 11) is 0. The smallest absolute Gasteiger partial charge is 0.251 e. The number of carbonyl (C=O) groups is 1. The third-order valence-electron chi connectivity index (χ3n) is 4.55. The molecule has 1 aromatic carbocycles. The van der Waals surface area contributed by atoms with Crippen molar-refractivity contribution >= 4 is 21.8 Å². The van der Waals surface area contributed by atoms with E-state index in [1.54, 1.807) is 0 Å². The molecule has 1 aliphatic carbocycles. The number of halogens is 2. The topological polar surface area (TPSA) is 55.1 Å². The fourth-order valence-corrected chi connectivity index (χ4v) is 3.78.